The molecule has 0 saturated heterocycles. The molecule has 35 heavy (non-hydrogen) atoms. The largest absolute Gasteiger partial charge is 0.499 e. The zero-order valence-electron chi connectivity index (χ0n) is 20.1. The molecule has 0 spiro atoms. The average Bonchev–Trinajstić information content (AvgIpc) is 3.46. The van der Waals surface area contributed by atoms with Gasteiger partial charge in [0.25, 0.3) is 0 Å². The Balaban J connectivity index is 0.00000342. The van der Waals surface area contributed by atoms with E-state index < -0.39 is 0 Å². The molecule has 8 nitrogen and oxygen atoms in total. The number of nitrogens with zero attached hydrogens (tertiary/aromatic N) is 8. The Bertz CT molecular complexity index is 1100. The minimum atomic E-state index is 0. The van der Waals surface area contributed by atoms with Crippen molar-refractivity contribution in [1.29, 1.82) is 5.26 Å². The van der Waals surface area contributed by atoms with Gasteiger partial charge < -0.3 is 34.2 Å². The Labute approximate surface area is 222 Å². The summed E-state index contributed by atoms with van der Waals surface area (Å²) in [4.78, 5) is 15.3. The fourth-order valence-electron chi connectivity index (χ4n) is 3.65. The zero-order chi connectivity index (χ0) is 24.2. The average molecular weight is 557 g/mol. The fraction of sp³-hybridized carbons (Fsp3) is 0.231. The first-order valence-electron chi connectivity index (χ1n) is 10.8. The Kier molecular flexibility index (Phi) is 8.31. The quantitative estimate of drug-likeness (QED) is 0.381. The van der Waals surface area contributed by atoms with Crippen LogP contribution in [0.1, 0.15) is 0 Å². The van der Waals surface area contributed by atoms with Gasteiger partial charge in [-0.05, 0) is 6.20 Å². The molecule has 0 aromatic heterocycles. The third kappa shape index (κ3) is 5.72. The number of hydrogen-bond acceptors (Lipinski definition) is 7. The number of hydrogen-bond donors (Lipinski definition) is 0. The molecular weight excluding hydrogens is 531 g/mol. The second-order valence-corrected chi connectivity index (χ2v) is 8.31. The van der Waals surface area contributed by atoms with E-state index in [4.69, 9.17) is 6.57 Å². The SMILES string of the molecule is [C-]#[N+]C1=CN(c2[c-]ccc(N(C)C)c2)[CH-]N1CCN1[CH-]N(c2[c-]ccc(N(C)C)c2)C=C1C#N.[Pd]. The first kappa shape index (κ1) is 26.0. The molecule has 2 aliphatic rings. The van der Waals surface area contributed by atoms with E-state index in [1.54, 1.807) is 12.4 Å². The van der Waals surface area contributed by atoms with Crippen molar-refractivity contribution < 1.29 is 20.4 Å². The Morgan fingerprint density at radius 1 is 0.914 bits per heavy atom. The van der Waals surface area contributed by atoms with Crippen LogP contribution in [0, 0.1) is 43.4 Å². The molecule has 2 heterocycles. The summed E-state index contributed by atoms with van der Waals surface area (Å²) in [5, 5.41) is 9.67. The molecule has 0 N–H and O–H groups in total. The molecule has 0 amide bonds. The van der Waals surface area contributed by atoms with Gasteiger partial charge in [0.2, 0.25) is 5.82 Å². The van der Waals surface area contributed by atoms with Gasteiger partial charge in [-0.1, -0.05) is 24.6 Å². The Hall–Kier alpha value is -3.64. The van der Waals surface area contributed by atoms with Crippen LogP contribution in [0.4, 0.5) is 22.7 Å². The molecule has 0 atom stereocenters. The molecule has 184 valence electrons. The fourth-order valence-corrected chi connectivity index (χ4v) is 3.65. The maximum atomic E-state index is 9.67. The van der Waals surface area contributed by atoms with Gasteiger partial charge in [0.15, 0.2) is 0 Å². The number of rotatable bonds is 7. The van der Waals surface area contributed by atoms with Crippen LogP contribution in [0.15, 0.2) is 60.3 Å². The summed E-state index contributed by atoms with van der Waals surface area (Å²) >= 11 is 0. The monoisotopic (exact) mass is 556 g/mol. The summed E-state index contributed by atoms with van der Waals surface area (Å²) in [5.41, 5.74) is 4.38. The summed E-state index contributed by atoms with van der Waals surface area (Å²) in [6, 6.07) is 20.5. The van der Waals surface area contributed by atoms with E-state index in [-0.39, 0.29) is 20.4 Å². The van der Waals surface area contributed by atoms with Gasteiger partial charge in [-0.25, -0.2) is 0 Å². The number of anilines is 4. The molecule has 0 fully saturated rings. The van der Waals surface area contributed by atoms with E-state index in [1.807, 2.05) is 107 Å². The van der Waals surface area contributed by atoms with Gasteiger partial charge in [-0.2, -0.15) is 36.2 Å². The normalized spacial score (nSPS) is 14.7. The minimum Gasteiger partial charge on any atom is -0.499 e. The number of benzene rings is 2. The van der Waals surface area contributed by atoms with Crippen LogP contribution in [0.25, 0.3) is 4.85 Å². The molecule has 2 aromatic rings. The van der Waals surface area contributed by atoms with Crippen LogP contribution in [-0.2, 0) is 20.4 Å². The van der Waals surface area contributed by atoms with Crippen molar-refractivity contribution in [3.63, 3.8) is 0 Å². The summed E-state index contributed by atoms with van der Waals surface area (Å²) in [7, 11) is 7.96. The number of nitriles is 1. The van der Waals surface area contributed by atoms with Crippen molar-refractivity contribution in [2.45, 2.75) is 0 Å². The van der Waals surface area contributed by atoms with E-state index in [1.165, 1.54) is 0 Å². The second-order valence-electron chi connectivity index (χ2n) is 8.31. The second kappa shape index (κ2) is 11.2. The Morgan fingerprint density at radius 2 is 1.43 bits per heavy atom. The predicted molar refractivity (Wildman–Crippen MR) is 135 cm³/mol. The molecular formula is C26H26N8Pd-4. The van der Waals surface area contributed by atoms with E-state index in [0.717, 1.165) is 22.7 Å². The van der Waals surface area contributed by atoms with E-state index in [2.05, 4.69) is 23.0 Å². The van der Waals surface area contributed by atoms with Gasteiger partial charge >= 0.3 is 0 Å². The van der Waals surface area contributed by atoms with Crippen molar-refractivity contribution in [3.05, 3.63) is 97.2 Å². The van der Waals surface area contributed by atoms with Crippen LogP contribution in [-0.4, -0.2) is 51.1 Å². The summed E-state index contributed by atoms with van der Waals surface area (Å²) in [6.07, 6.45) is 3.61. The molecule has 2 aromatic carbocycles. The molecule has 9 heteroatoms. The minimum absolute atomic E-state index is 0. The van der Waals surface area contributed by atoms with Crippen LogP contribution in [0.5, 0.6) is 0 Å². The first-order valence-corrected chi connectivity index (χ1v) is 10.8. The first-order chi connectivity index (χ1) is 16.4. The summed E-state index contributed by atoms with van der Waals surface area (Å²) < 4.78 is 0. The van der Waals surface area contributed by atoms with Gasteiger partial charge in [0.05, 0.1) is 6.54 Å². The zero-order valence-corrected chi connectivity index (χ0v) is 21.6. The van der Waals surface area contributed by atoms with Gasteiger partial charge in [-0.15, -0.1) is 35.6 Å². The van der Waals surface area contributed by atoms with Crippen LogP contribution < -0.4 is 19.6 Å². The molecule has 4 rings (SSSR count). The smallest absolute Gasteiger partial charge is 0.211 e. The summed E-state index contributed by atoms with van der Waals surface area (Å²) in [5.74, 6) is 0.522. The van der Waals surface area contributed by atoms with Crippen LogP contribution >= 0.6 is 0 Å². The van der Waals surface area contributed by atoms with Gasteiger partial charge in [-0.3, -0.25) is 0 Å². The van der Waals surface area contributed by atoms with Crippen molar-refractivity contribution in [2.24, 2.45) is 0 Å². The maximum absolute atomic E-state index is 9.67. The topological polar surface area (TPSA) is 47.6 Å². The third-order valence-corrected chi connectivity index (χ3v) is 5.59. The Morgan fingerprint density at radius 3 is 1.94 bits per heavy atom. The predicted octanol–water partition coefficient (Wildman–Crippen LogP) is 3.68. The molecule has 0 saturated carbocycles. The van der Waals surface area contributed by atoms with Crippen molar-refractivity contribution in [3.8, 4) is 6.07 Å². The van der Waals surface area contributed by atoms with Gasteiger partial charge in [0, 0.05) is 61.4 Å². The maximum Gasteiger partial charge on any atom is 0.211 e. The molecule has 0 radical (unpaired) electrons. The molecule has 0 aliphatic carbocycles. The standard InChI is InChI=1S/C26H26N8.Pd/c1-28-26-18-34(24-11-7-9-22(15-24)30(4)5)20-32(26)13-12-31-19-33(17-25(31)16-27)23-10-6-8-21(14-23)29(2)3;/h6-9,14-15,17-20H,12-13H2,2-5H3;/q-4;. The van der Waals surface area contributed by atoms with Crippen LogP contribution in [0.3, 0.4) is 0 Å². The third-order valence-electron chi connectivity index (χ3n) is 5.59. The van der Waals surface area contributed by atoms with E-state index in [9.17, 15) is 5.26 Å². The molecule has 0 bridgehead atoms. The van der Waals surface area contributed by atoms with Crippen molar-refractivity contribution >= 4 is 22.7 Å². The van der Waals surface area contributed by atoms with E-state index >= 15 is 0 Å². The summed E-state index contributed by atoms with van der Waals surface area (Å²) in [6.45, 7) is 12.5. The van der Waals surface area contributed by atoms with Crippen molar-refractivity contribution in [2.75, 3.05) is 60.9 Å². The molecule has 2 aliphatic heterocycles. The van der Waals surface area contributed by atoms with E-state index in [0.29, 0.717) is 24.6 Å². The van der Waals surface area contributed by atoms with Crippen molar-refractivity contribution in [1.82, 2.24) is 9.80 Å². The number of allylic oxidation sites excluding steroid dienone is 1. The van der Waals surface area contributed by atoms with Crippen LogP contribution in [0.2, 0.25) is 0 Å². The van der Waals surface area contributed by atoms with Gasteiger partial charge in [0.1, 0.15) is 11.8 Å². The molecule has 0 unspecified atom stereocenters.